The summed E-state index contributed by atoms with van der Waals surface area (Å²) in [5.74, 6) is 0.363. The van der Waals surface area contributed by atoms with Gasteiger partial charge in [-0.2, -0.15) is 0 Å². The zero-order valence-corrected chi connectivity index (χ0v) is 25.5. The number of rotatable bonds is 9. The van der Waals surface area contributed by atoms with Crippen molar-refractivity contribution in [2.75, 3.05) is 5.73 Å². The summed E-state index contributed by atoms with van der Waals surface area (Å²) in [6.07, 6.45) is 3.41. The average Bonchev–Trinajstić information content (AvgIpc) is 3.50. The van der Waals surface area contributed by atoms with Gasteiger partial charge in [-0.25, -0.2) is 15.0 Å². The third-order valence-corrected chi connectivity index (χ3v) is 13.0. The van der Waals surface area contributed by atoms with Crippen LogP contribution in [-0.4, -0.2) is 51.0 Å². The molecule has 0 radical (unpaired) electrons. The zero-order valence-electron chi connectivity index (χ0n) is 24.5. The fraction of sp³-hybridized carbons (Fsp3) is 0.452. The second-order valence-corrected chi connectivity index (χ2v) is 17.0. The van der Waals surface area contributed by atoms with E-state index >= 15 is 0 Å². The summed E-state index contributed by atoms with van der Waals surface area (Å²) in [4.78, 5) is 15.8. The van der Waals surface area contributed by atoms with E-state index in [0.717, 1.165) is 19.5 Å². The lowest BCUT2D eigenvalue weighted by molar-refractivity contribution is -0.0323. The number of ether oxygens (including phenoxy) is 1. The predicted molar refractivity (Wildman–Crippen MR) is 162 cm³/mol. The molecule has 2 N–H and O–H groups in total. The standard InChI is InChI=1S/C31H42N6O2Si/c1-7-24-26(36(18-22-14-10-8-11-15-22)19-23-16-12-9-13-17-23)27(39-40(5,6)31(2,3)4)30(38-24)37-21-35-25-28(32)33-20-34-29(25)37/h8-17,20-21,24,26-27,30H,7,18-19H2,1-6H3,(H2,32,33,34)/t24-,26+,27?,30-/m1/s1. The van der Waals surface area contributed by atoms with Gasteiger partial charge in [-0.15, -0.1) is 0 Å². The van der Waals surface area contributed by atoms with E-state index in [-0.39, 0.29) is 23.3 Å². The van der Waals surface area contributed by atoms with Crippen molar-refractivity contribution in [1.29, 1.82) is 0 Å². The fourth-order valence-electron chi connectivity index (χ4n) is 5.33. The quantitative estimate of drug-likeness (QED) is 0.245. The van der Waals surface area contributed by atoms with E-state index in [4.69, 9.17) is 14.9 Å². The van der Waals surface area contributed by atoms with Crippen LogP contribution >= 0.6 is 0 Å². The summed E-state index contributed by atoms with van der Waals surface area (Å²) >= 11 is 0. The van der Waals surface area contributed by atoms with E-state index in [1.807, 2.05) is 4.57 Å². The summed E-state index contributed by atoms with van der Waals surface area (Å²) < 4.78 is 16.2. The molecule has 2 aromatic heterocycles. The molecule has 1 saturated heterocycles. The van der Waals surface area contributed by atoms with Crippen LogP contribution in [0.15, 0.2) is 73.3 Å². The molecular weight excluding hydrogens is 516 g/mol. The molecule has 2 aromatic carbocycles. The van der Waals surface area contributed by atoms with Crippen molar-refractivity contribution in [3.8, 4) is 0 Å². The van der Waals surface area contributed by atoms with Crippen molar-refractivity contribution in [2.45, 2.75) is 89.8 Å². The number of fused-ring (bicyclic) bond motifs is 1. The highest BCUT2D eigenvalue weighted by molar-refractivity contribution is 6.74. The SMILES string of the molecule is CC[C@H]1O[C@@H](n2cnc3c(N)ncnc32)C(O[Si](C)(C)C(C)(C)C)[C@H]1N(Cc1ccccc1)Cc1ccccc1. The van der Waals surface area contributed by atoms with E-state index in [1.54, 1.807) is 6.33 Å². The second kappa shape index (κ2) is 11.4. The molecule has 0 bridgehead atoms. The number of anilines is 1. The Morgan fingerprint density at radius 3 is 2.10 bits per heavy atom. The molecule has 1 aliphatic rings. The third kappa shape index (κ3) is 5.69. The molecule has 1 fully saturated rings. The topological polar surface area (TPSA) is 91.3 Å². The van der Waals surface area contributed by atoms with Gasteiger partial charge in [0.15, 0.2) is 26.0 Å². The Labute approximate surface area is 238 Å². The van der Waals surface area contributed by atoms with Crippen LogP contribution in [0.5, 0.6) is 0 Å². The fourth-order valence-corrected chi connectivity index (χ4v) is 6.62. The predicted octanol–water partition coefficient (Wildman–Crippen LogP) is 6.18. The third-order valence-electron chi connectivity index (χ3n) is 8.49. The van der Waals surface area contributed by atoms with E-state index in [0.29, 0.717) is 17.0 Å². The summed E-state index contributed by atoms with van der Waals surface area (Å²) in [6.45, 7) is 15.2. The van der Waals surface area contributed by atoms with Gasteiger partial charge in [0.25, 0.3) is 0 Å². The largest absolute Gasteiger partial charge is 0.408 e. The highest BCUT2D eigenvalue weighted by Gasteiger charge is 2.52. The lowest BCUT2D eigenvalue weighted by Crippen LogP contribution is -2.53. The molecule has 1 unspecified atom stereocenters. The normalized spacial score (nSPS) is 21.9. The summed E-state index contributed by atoms with van der Waals surface area (Å²) in [5, 5.41) is 0.0275. The van der Waals surface area contributed by atoms with Crippen LogP contribution < -0.4 is 5.73 Å². The molecule has 9 heteroatoms. The maximum Gasteiger partial charge on any atom is 0.192 e. The van der Waals surface area contributed by atoms with E-state index < -0.39 is 14.5 Å². The van der Waals surface area contributed by atoms with Crippen LogP contribution in [0, 0.1) is 0 Å². The number of hydrogen-bond acceptors (Lipinski definition) is 7. The highest BCUT2D eigenvalue weighted by atomic mass is 28.4. The first-order valence-corrected chi connectivity index (χ1v) is 17.1. The number of hydrogen-bond donors (Lipinski definition) is 1. The van der Waals surface area contributed by atoms with E-state index in [1.165, 1.54) is 17.5 Å². The van der Waals surface area contributed by atoms with Crippen LogP contribution in [0.25, 0.3) is 11.2 Å². The Bertz CT molecular complexity index is 1360. The van der Waals surface area contributed by atoms with Crippen molar-refractivity contribution in [2.24, 2.45) is 0 Å². The summed E-state index contributed by atoms with van der Waals surface area (Å²) in [6, 6.07) is 21.3. The van der Waals surface area contributed by atoms with Crippen LogP contribution in [0.1, 0.15) is 51.5 Å². The molecule has 0 saturated carbocycles. The smallest absolute Gasteiger partial charge is 0.192 e. The van der Waals surface area contributed by atoms with Crippen molar-refractivity contribution in [1.82, 2.24) is 24.4 Å². The Kier molecular flexibility index (Phi) is 8.10. The van der Waals surface area contributed by atoms with Gasteiger partial charge < -0.3 is 14.9 Å². The van der Waals surface area contributed by atoms with Gasteiger partial charge in [0.05, 0.1) is 18.5 Å². The van der Waals surface area contributed by atoms with Crippen LogP contribution in [-0.2, 0) is 22.3 Å². The van der Waals surface area contributed by atoms with Crippen LogP contribution in [0.3, 0.4) is 0 Å². The molecule has 4 aromatic rings. The first kappa shape index (κ1) is 28.4. The molecule has 0 amide bonds. The summed E-state index contributed by atoms with van der Waals surface area (Å²) in [5.41, 5.74) is 9.93. The number of aromatic nitrogens is 4. The van der Waals surface area contributed by atoms with Crippen LogP contribution in [0.4, 0.5) is 5.82 Å². The maximum absolute atomic E-state index is 7.33. The number of nitrogens with zero attached hydrogens (tertiary/aromatic N) is 5. The first-order valence-electron chi connectivity index (χ1n) is 14.2. The van der Waals surface area contributed by atoms with Gasteiger partial charge in [0, 0.05) is 13.1 Å². The van der Waals surface area contributed by atoms with Crippen molar-refractivity contribution < 1.29 is 9.16 Å². The molecule has 3 heterocycles. The number of nitrogen functional groups attached to an aromatic ring is 1. The van der Waals surface area contributed by atoms with Gasteiger partial charge in [0.1, 0.15) is 17.9 Å². The molecule has 8 nitrogen and oxygen atoms in total. The molecule has 1 aliphatic heterocycles. The maximum atomic E-state index is 7.33. The average molecular weight is 559 g/mol. The van der Waals surface area contributed by atoms with Gasteiger partial charge >= 0.3 is 0 Å². The van der Waals surface area contributed by atoms with Gasteiger partial charge in [-0.3, -0.25) is 9.47 Å². The highest BCUT2D eigenvalue weighted by Crippen LogP contribution is 2.44. The number of nitrogens with two attached hydrogens (primary N) is 1. The monoisotopic (exact) mass is 558 g/mol. The molecule has 212 valence electrons. The van der Waals surface area contributed by atoms with Crippen molar-refractivity contribution in [3.05, 3.63) is 84.4 Å². The minimum atomic E-state index is -2.21. The Balaban J connectivity index is 1.62. The minimum Gasteiger partial charge on any atom is -0.408 e. The van der Waals surface area contributed by atoms with Crippen molar-refractivity contribution >= 4 is 25.3 Å². The Morgan fingerprint density at radius 1 is 0.950 bits per heavy atom. The Hall–Kier alpha value is -3.11. The minimum absolute atomic E-state index is 0.00108. The van der Waals surface area contributed by atoms with E-state index in [9.17, 15) is 0 Å². The zero-order chi connectivity index (χ0) is 28.5. The molecule has 5 rings (SSSR count). The van der Waals surface area contributed by atoms with Crippen molar-refractivity contribution in [3.63, 3.8) is 0 Å². The lowest BCUT2D eigenvalue weighted by atomic mass is 10.0. The molecule has 4 atom stereocenters. The van der Waals surface area contributed by atoms with Gasteiger partial charge in [0.2, 0.25) is 0 Å². The second-order valence-electron chi connectivity index (χ2n) is 12.3. The molecule has 40 heavy (non-hydrogen) atoms. The lowest BCUT2D eigenvalue weighted by Gasteiger charge is -2.43. The molecule has 0 aliphatic carbocycles. The number of benzene rings is 2. The molecular formula is C31H42N6O2Si. The molecule has 0 spiro atoms. The van der Waals surface area contributed by atoms with Gasteiger partial charge in [-0.1, -0.05) is 88.4 Å². The van der Waals surface area contributed by atoms with E-state index in [2.05, 4.69) is 121 Å². The van der Waals surface area contributed by atoms with Crippen LogP contribution in [0.2, 0.25) is 18.1 Å². The number of imidazole rings is 1. The summed E-state index contributed by atoms with van der Waals surface area (Å²) in [7, 11) is -2.21. The first-order chi connectivity index (χ1) is 19.1. The van der Waals surface area contributed by atoms with Gasteiger partial charge in [-0.05, 0) is 35.7 Å². The Morgan fingerprint density at radius 2 is 1.55 bits per heavy atom.